The van der Waals surface area contributed by atoms with Gasteiger partial charge in [0.05, 0.1) is 17.3 Å². The minimum Gasteiger partial charge on any atom is -0.353 e. The van der Waals surface area contributed by atoms with Crippen molar-refractivity contribution in [2.45, 2.75) is 57.5 Å². The van der Waals surface area contributed by atoms with Crippen LogP contribution < -0.4 is 4.90 Å². The lowest BCUT2D eigenvalue weighted by Crippen LogP contribution is -2.62. The van der Waals surface area contributed by atoms with E-state index >= 15 is 0 Å². The molecule has 2 nitrogen and oxygen atoms in total. The molecule has 3 aromatic rings. The second-order valence-corrected chi connectivity index (χ2v) is 10.8. The SMILES string of the molecule is Cc1ccccc1N1[C@@H](C)c2c(n(C)c3ccccc23)C12C1CC3CC(C1)CC2C3. The molecule has 2 heteroatoms. The van der Waals surface area contributed by atoms with E-state index in [0.717, 1.165) is 23.7 Å². The van der Waals surface area contributed by atoms with Gasteiger partial charge in [-0.05, 0) is 87.3 Å². The lowest BCUT2D eigenvalue weighted by Gasteiger charge is -2.64. The van der Waals surface area contributed by atoms with Crippen molar-refractivity contribution in [2.24, 2.45) is 30.7 Å². The van der Waals surface area contributed by atoms with Crippen LogP contribution in [0.4, 0.5) is 5.69 Å². The maximum absolute atomic E-state index is 2.92. The number of nitrogens with zero attached hydrogens (tertiary/aromatic N) is 2. The minimum absolute atomic E-state index is 0.169. The predicted octanol–water partition coefficient (Wildman–Crippen LogP) is 6.72. The van der Waals surface area contributed by atoms with Crippen molar-refractivity contribution in [2.75, 3.05) is 4.90 Å². The molecule has 2 aromatic carbocycles. The summed E-state index contributed by atoms with van der Waals surface area (Å²) in [5.41, 5.74) is 7.76. The van der Waals surface area contributed by atoms with Crippen LogP contribution in [0.5, 0.6) is 0 Å². The molecule has 1 atom stereocenters. The van der Waals surface area contributed by atoms with Crippen LogP contribution in [-0.2, 0) is 12.6 Å². The van der Waals surface area contributed by atoms with Crippen LogP contribution in [0.2, 0.25) is 0 Å². The summed E-state index contributed by atoms with van der Waals surface area (Å²) in [5, 5.41) is 1.48. The Labute approximate surface area is 179 Å². The second-order valence-electron chi connectivity index (χ2n) is 10.8. The highest BCUT2D eigenvalue weighted by atomic mass is 15.3. The number of rotatable bonds is 1. The number of aryl methyl sites for hydroxylation is 2. The quantitative estimate of drug-likeness (QED) is 0.443. The standard InChI is InChI=1S/C28H32N2/c1-17-8-4-6-10-24(17)30-18(2)26-23-9-5-7-11-25(23)29(3)27(26)28(30)21-13-19-12-20(15-21)16-22(28)14-19/h4-11,18-22H,12-16H2,1-3H3/t18-,19?,20?,21?,22?,28?/m0/s1. The monoisotopic (exact) mass is 396 g/mol. The fourth-order valence-corrected chi connectivity index (χ4v) is 8.82. The van der Waals surface area contributed by atoms with E-state index in [4.69, 9.17) is 0 Å². The Morgan fingerprint density at radius 3 is 2.17 bits per heavy atom. The third-order valence-corrected chi connectivity index (χ3v) is 9.49. The largest absolute Gasteiger partial charge is 0.353 e. The Kier molecular flexibility index (Phi) is 3.33. The number of aromatic nitrogens is 1. The Hall–Kier alpha value is -2.22. The lowest BCUT2D eigenvalue weighted by molar-refractivity contribution is -0.0629. The van der Waals surface area contributed by atoms with Gasteiger partial charge in [-0.25, -0.2) is 0 Å². The van der Waals surface area contributed by atoms with E-state index in [2.05, 4.69) is 78.9 Å². The van der Waals surface area contributed by atoms with Gasteiger partial charge in [-0.3, -0.25) is 0 Å². The van der Waals surface area contributed by atoms with Crippen molar-refractivity contribution < 1.29 is 0 Å². The van der Waals surface area contributed by atoms with E-state index in [1.54, 1.807) is 11.3 Å². The average Bonchev–Trinajstić information content (AvgIpc) is 3.18. The van der Waals surface area contributed by atoms with Gasteiger partial charge < -0.3 is 9.47 Å². The Bertz CT molecular complexity index is 1140. The molecule has 0 N–H and O–H groups in total. The second kappa shape index (κ2) is 5.72. The van der Waals surface area contributed by atoms with Crippen LogP contribution in [0.3, 0.4) is 0 Å². The zero-order valence-electron chi connectivity index (χ0n) is 18.4. The van der Waals surface area contributed by atoms with Crippen LogP contribution >= 0.6 is 0 Å². The Balaban J connectivity index is 1.57. The number of hydrogen-bond acceptors (Lipinski definition) is 1. The molecule has 30 heavy (non-hydrogen) atoms. The molecule has 8 rings (SSSR count). The van der Waals surface area contributed by atoms with Crippen LogP contribution in [0.15, 0.2) is 48.5 Å². The molecule has 1 aromatic heterocycles. The lowest BCUT2D eigenvalue weighted by atomic mass is 9.47. The summed E-state index contributed by atoms with van der Waals surface area (Å²) in [6, 6.07) is 18.7. The van der Waals surface area contributed by atoms with Gasteiger partial charge in [-0.1, -0.05) is 36.4 Å². The Morgan fingerprint density at radius 2 is 1.47 bits per heavy atom. The first-order valence-corrected chi connectivity index (χ1v) is 12.0. The normalized spacial score (nSPS) is 36.2. The maximum Gasteiger partial charge on any atom is 0.0870 e. The third kappa shape index (κ3) is 1.88. The van der Waals surface area contributed by atoms with Gasteiger partial charge in [0, 0.05) is 29.2 Å². The summed E-state index contributed by atoms with van der Waals surface area (Å²) in [7, 11) is 2.35. The van der Waals surface area contributed by atoms with Crippen LogP contribution in [0.25, 0.3) is 10.9 Å². The summed E-state index contributed by atoms with van der Waals surface area (Å²) in [6.45, 7) is 4.80. The van der Waals surface area contributed by atoms with E-state index in [0.29, 0.717) is 6.04 Å². The topological polar surface area (TPSA) is 8.17 Å². The molecule has 0 amide bonds. The summed E-state index contributed by atoms with van der Waals surface area (Å²) < 4.78 is 2.60. The van der Waals surface area contributed by atoms with Crippen molar-refractivity contribution in [1.82, 2.24) is 4.57 Å². The zero-order chi connectivity index (χ0) is 20.2. The van der Waals surface area contributed by atoms with Crippen LogP contribution in [0.1, 0.15) is 61.9 Å². The molecule has 154 valence electrons. The number of hydrogen-bond donors (Lipinski definition) is 0. The van der Waals surface area contributed by atoms with Gasteiger partial charge in [-0.15, -0.1) is 0 Å². The molecular formula is C28H32N2. The number of benzene rings is 2. The van der Waals surface area contributed by atoms with Gasteiger partial charge in [-0.2, -0.15) is 0 Å². The average molecular weight is 397 g/mol. The Morgan fingerprint density at radius 1 is 0.833 bits per heavy atom. The van der Waals surface area contributed by atoms with Crippen molar-refractivity contribution in [3.05, 3.63) is 65.4 Å². The van der Waals surface area contributed by atoms with Gasteiger partial charge >= 0.3 is 0 Å². The highest BCUT2D eigenvalue weighted by Crippen LogP contribution is 2.69. The highest BCUT2D eigenvalue weighted by Gasteiger charge is 2.66. The van der Waals surface area contributed by atoms with E-state index in [1.165, 1.54) is 54.3 Å². The van der Waals surface area contributed by atoms with Crippen molar-refractivity contribution >= 4 is 16.6 Å². The van der Waals surface area contributed by atoms with Gasteiger partial charge in [0.2, 0.25) is 0 Å². The molecule has 1 aliphatic heterocycles. The molecule has 5 aliphatic rings. The molecular weight excluding hydrogens is 364 g/mol. The summed E-state index contributed by atoms with van der Waals surface area (Å²) in [4.78, 5) is 2.92. The maximum atomic E-state index is 2.92. The molecule has 4 saturated carbocycles. The summed E-state index contributed by atoms with van der Waals surface area (Å²) in [5.74, 6) is 3.54. The smallest absolute Gasteiger partial charge is 0.0870 e. The first-order chi connectivity index (χ1) is 14.6. The van der Waals surface area contributed by atoms with E-state index < -0.39 is 0 Å². The molecule has 4 fully saturated rings. The predicted molar refractivity (Wildman–Crippen MR) is 124 cm³/mol. The first kappa shape index (κ1) is 17.5. The molecule has 0 unspecified atom stereocenters. The minimum atomic E-state index is 0.169. The molecule has 0 saturated heterocycles. The molecule has 2 heterocycles. The summed E-state index contributed by atoms with van der Waals surface area (Å²) in [6.07, 6.45) is 7.24. The number of fused-ring (bicyclic) bond motifs is 3. The number of anilines is 1. The van der Waals surface area contributed by atoms with E-state index in [-0.39, 0.29) is 5.54 Å². The fraction of sp³-hybridized carbons (Fsp3) is 0.500. The first-order valence-electron chi connectivity index (χ1n) is 12.0. The van der Waals surface area contributed by atoms with E-state index in [1.807, 2.05) is 0 Å². The zero-order valence-corrected chi connectivity index (χ0v) is 18.4. The third-order valence-electron chi connectivity index (χ3n) is 9.49. The van der Waals surface area contributed by atoms with Crippen LogP contribution in [0, 0.1) is 30.6 Å². The molecule has 4 aliphatic carbocycles. The van der Waals surface area contributed by atoms with E-state index in [9.17, 15) is 0 Å². The fourth-order valence-electron chi connectivity index (χ4n) is 8.82. The molecule has 4 bridgehead atoms. The highest BCUT2D eigenvalue weighted by molar-refractivity contribution is 5.89. The van der Waals surface area contributed by atoms with Crippen LogP contribution in [-0.4, -0.2) is 4.57 Å². The van der Waals surface area contributed by atoms with Gasteiger partial charge in [0.25, 0.3) is 0 Å². The summed E-state index contributed by atoms with van der Waals surface area (Å²) >= 11 is 0. The van der Waals surface area contributed by atoms with Crippen molar-refractivity contribution in [1.29, 1.82) is 0 Å². The van der Waals surface area contributed by atoms with Gasteiger partial charge in [0.15, 0.2) is 0 Å². The molecule has 0 radical (unpaired) electrons. The van der Waals surface area contributed by atoms with Gasteiger partial charge in [0.1, 0.15) is 0 Å². The van der Waals surface area contributed by atoms with Crippen molar-refractivity contribution in [3.8, 4) is 0 Å². The van der Waals surface area contributed by atoms with Crippen molar-refractivity contribution in [3.63, 3.8) is 0 Å². The molecule has 1 spiro atoms. The number of para-hydroxylation sites is 2.